The highest BCUT2D eigenvalue weighted by Gasteiger charge is 2.15. The number of hydrogen-bond donors (Lipinski definition) is 1. The number of anilines is 1. The highest BCUT2D eigenvalue weighted by molar-refractivity contribution is 5.51. The Morgan fingerprint density at radius 2 is 1.73 bits per heavy atom. The second-order valence-corrected chi connectivity index (χ2v) is 5.41. The number of benzene rings is 2. The predicted octanol–water partition coefficient (Wildman–Crippen LogP) is 4.31. The van der Waals surface area contributed by atoms with Crippen LogP contribution in [0.2, 0.25) is 0 Å². The van der Waals surface area contributed by atoms with Crippen molar-refractivity contribution in [3.8, 4) is 11.5 Å². The summed E-state index contributed by atoms with van der Waals surface area (Å²) in [5.41, 5.74) is 3.67. The van der Waals surface area contributed by atoms with Crippen LogP contribution in [-0.2, 0) is 12.8 Å². The Hall–Kier alpha value is -2.16. The molecule has 0 aromatic heterocycles. The van der Waals surface area contributed by atoms with E-state index in [0.29, 0.717) is 6.04 Å². The van der Waals surface area contributed by atoms with Crippen molar-refractivity contribution in [2.24, 2.45) is 0 Å². The fourth-order valence-corrected chi connectivity index (χ4v) is 2.81. The van der Waals surface area contributed by atoms with E-state index in [1.165, 1.54) is 11.1 Å². The summed E-state index contributed by atoms with van der Waals surface area (Å²) in [4.78, 5) is 0. The topological polar surface area (TPSA) is 30.5 Å². The van der Waals surface area contributed by atoms with Crippen molar-refractivity contribution >= 4 is 5.69 Å². The van der Waals surface area contributed by atoms with Crippen molar-refractivity contribution < 1.29 is 9.47 Å². The molecule has 0 heterocycles. The highest BCUT2D eigenvalue weighted by atomic mass is 16.5. The lowest BCUT2D eigenvalue weighted by molar-refractivity contribution is 0.351. The highest BCUT2D eigenvalue weighted by Crippen LogP contribution is 2.34. The second-order valence-electron chi connectivity index (χ2n) is 5.41. The molecule has 118 valence electrons. The van der Waals surface area contributed by atoms with Gasteiger partial charge in [0, 0.05) is 17.3 Å². The minimum Gasteiger partial charge on any atom is -0.493 e. The molecule has 2 rings (SSSR count). The van der Waals surface area contributed by atoms with Crippen LogP contribution in [0.5, 0.6) is 11.5 Å². The van der Waals surface area contributed by atoms with Crippen molar-refractivity contribution in [2.75, 3.05) is 19.5 Å². The molecular formula is C19H25NO2. The first-order chi connectivity index (χ1) is 10.7. The molecule has 0 radical (unpaired) electrons. The first kappa shape index (κ1) is 16.2. The molecule has 0 saturated carbocycles. The van der Waals surface area contributed by atoms with Gasteiger partial charge in [0.1, 0.15) is 0 Å². The molecule has 0 aliphatic carbocycles. The normalized spacial score (nSPS) is 11.8. The van der Waals surface area contributed by atoms with Gasteiger partial charge in [0.15, 0.2) is 11.5 Å². The van der Waals surface area contributed by atoms with Gasteiger partial charge in [0.05, 0.1) is 14.2 Å². The van der Waals surface area contributed by atoms with E-state index in [1.807, 2.05) is 24.3 Å². The van der Waals surface area contributed by atoms with Crippen LogP contribution in [0.25, 0.3) is 0 Å². The third kappa shape index (κ3) is 3.73. The van der Waals surface area contributed by atoms with Gasteiger partial charge in [-0.2, -0.15) is 0 Å². The monoisotopic (exact) mass is 299 g/mol. The van der Waals surface area contributed by atoms with Gasteiger partial charge in [-0.1, -0.05) is 31.2 Å². The molecule has 0 fully saturated rings. The lowest BCUT2D eigenvalue weighted by Gasteiger charge is -2.20. The maximum atomic E-state index is 5.55. The number of nitrogens with one attached hydrogen (secondary N) is 1. The molecule has 0 bridgehead atoms. The third-order valence-electron chi connectivity index (χ3n) is 3.81. The first-order valence-corrected chi connectivity index (χ1v) is 7.73. The zero-order valence-corrected chi connectivity index (χ0v) is 13.8. The number of methoxy groups -OCH3 is 2. The van der Waals surface area contributed by atoms with Crippen LogP contribution in [0.1, 0.15) is 25.0 Å². The van der Waals surface area contributed by atoms with Crippen LogP contribution in [0.15, 0.2) is 42.5 Å². The molecule has 0 saturated heterocycles. The van der Waals surface area contributed by atoms with Gasteiger partial charge in [-0.15, -0.1) is 0 Å². The van der Waals surface area contributed by atoms with Gasteiger partial charge in [0.25, 0.3) is 0 Å². The molecule has 2 aromatic rings. The van der Waals surface area contributed by atoms with Crippen LogP contribution < -0.4 is 14.8 Å². The average Bonchev–Trinajstić information content (AvgIpc) is 2.55. The molecule has 0 spiro atoms. The fraction of sp³-hybridized carbons (Fsp3) is 0.368. The molecule has 0 aliphatic rings. The van der Waals surface area contributed by atoms with Crippen molar-refractivity contribution in [2.45, 2.75) is 32.7 Å². The summed E-state index contributed by atoms with van der Waals surface area (Å²) in [6.45, 7) is 4.35. The molecule has 3 nitrogen and oxygen atoms in total. The largest absolute Gasteiger partial charge is 0.493 e. The van der Waals surface area contributed by atoms with E-state index in [-0.39, 0.29) is 0 Å². The van der Waals surface area contributed by atoms with Gasteiger partial charge in [0.2, 0.25) is 0 Å². The molecule has 22 heavy (non-hydrogen) atoms. The molecule has 1 atom stereocenters. The summed E-state index contributed by atoms with van der Waals surface area (Å²) < 4.78 is 10.9. The van der Waals surface area contributed by atoms with Crippen LogP contribution in [0.4, 0.5) is 5.69 Å². The summed E-state index contributed by atoms with van der Waals surface area (Å²) in [5.74, 6) is 1.65. The summed E-state index contributed by atoms with van der Waals surface area (Å²) in [7, 11) is 3.38. The van der Waals surface area contributed by atoms with Crippen molar-refractivity contribution in [1.29, 1.82) is 0 Å². The summed E-state index contributed by atoms with van der Waals surface area (Å²) in [5, 5.41) is 3.54. The van der Waals surface area contributed by atoms with E-state index in [9.17, 15) is 0 Å². The molecule has 0 amide bonds. The molecule has 2 aromatic carbocycles. The van der Waals surface area contributed by atoms with Gasteiger partial charge >= 0.3 is 0 Å². The third-order valence-corrected chi connectivity index (χ3v) is 3.81. The quantitative estimate of drug-likeness (QED) is 0.826. The molecule has 0 aliphatic heterocycles. The van der Waals surface area contributed by atoms with Crippen molar-refractivity contribution in [1.82, 2.24) is 0 Å². The predicted molar refractivity (Wildman–Crippen MR) is 92.2 cm³/mol. The summed E-state index contributed by atoms with van der Waals surface area (Å²) >= 11 is 0. The van der Waals surface area contributed by atoms with Crippen molar-refractivity contribution in [3.05, 3.63) is 53.6 Å². The maximum Gasteiger partial charge on any atom is 0.164 e. The first-order valence-electron chi connectivity index (χ1n) is 7.73. The van der Waals surface area contributed by atoms with E-state index in [1.54, 1.807) is 14.2 Å². The van der Waals surface area contributed by atoms with E-state index < -0.39 is 0 Å². The Kier molecular flexibility index (Phi) is 5.70. The molecule has 1 N–H and O–H groups in total. The summed E-state index contributed by atoms with van der Waals surface area (Å²) in [6, 6.07) is 14.8. The smallest absolute Gasteiger partial charge is 0.164 e. The summed E-state index contributed by atoms with van der Waals surface area (Å²) in [6.07, 6.45) is 1.87. The lowest BCUT2D eigenvalue weighted by Crippen LogP contribution is -2.19. The lowest BCUT2D eigenvalue weighted by atomic mass is 9.97. The Morgan fingerprint density at radius 3 is 2.32 bits per heavy atom. The van der Waals surface area contributed by atoms with Crippen LogP contribution in [-0.4, -0.2) is 20.3 Å². The Bertz CT molecular complexity index is 596. The zero-order valence-electron chi connectivity index (χ0n) is 13.8. The number of hydrogen-bond acceptors (Lipinski definition) is 3. The Balaban J connectivity index is 2.18. The molecule has 1 unspecified atom stereocenters. The van der Waals surface area contributed by atoms with Gasteiger partial charge in [-0.05, 0) is 43.5 Å². The van der Waals surface area contributed by atoms with E-state index in [0.717, 1.165) is 30.0 Å². The van der Waals surface area contributed by atoms with Gasteiger partial charge in [-0.3, -0.25) is 0 Å². The second kappa shape index (κ2) is 7.74. The number of rotatable bonds is 7. The average molecular weight is 299 g/mol. The van der Waals surface area contributed by atoms with E-state index >= 15 is 0 Å². The van der Waals surface area contributed by atoms with E-state index in [4.69, 9.17) is 9.47 Å². The van der Waals surface area contributed by atoms with Crippen LogP contribution in [0, 0.1) is 0 Å². The van der Waals surface area contributed by atoms with Crippen LogP contribution >= 0.6 is 0 Å². The van der Waals surface area contributed by atoms with Crippen LogP contribution in [0.3, 0.4) is 0 Å². The van der Waals surface area contributed by atoms with Crippen molar-refractivity contribution in [3.63, 3.8) is 0 Å². The Morgan fingerprint density at radius 1 is 1.00 bits per heavy atom. The standard InChI is InChI=1S/C19H25NO2/c1-5-17-15(11-12-18(21-3)19(17)22-4)13-14(2)20-16-9-7-6-8-10-16/h6-12,14,20H,5,13H2,1-4H3. The number of para-hydroxylation sites is 1. The van der Waals surface area contributed by atoms with E-state index in [2.05, 4.69) is 37.4 Å². The van der Waals surface area contributed by atoms with Gasteiger partial charge < -0.3 is 14.8 Å². The minimum atomic E-state index is 0.339. The minimum absolute atomic E-state index is 0.339. The number of ether oxygens (including phenoxy) is 2. The van der Waals surface area contributed by atoms with Gasteiger partial charge in [-0.25, -0.2) is 0 Å². The Labute approximate surface area is 133 Å². The fourth-order valence-electron chi connectivity index (χ4n) is 2.81. The SMILES string of the molecule is CCc1c(CC(C)Nc2ccccc2)ccc(OC)c1OC. The maximum absolute atomic E-state index is 5.55. The zero-order chi connectivity index (χ0) is 15.9. The molecular weight excluding hydrogens is 274 g/mol. The molecule has 3 heteroatoms.